The van der Waals surface area contributed by atoms with Crippen LogP contribution in [0.4, 0.5) is 0 Å². The van der Waals surface area contributed by atoms with Crippen molar-refractivity contribution in [2.24, 2.45) is 11.8 Å². The summed E-state index contributed by atoms with van der Waals surface area (Å²) in [6.07, 6.45) is 4.41. The number of likely N-dealkylation sites (tertiary alicyclic amines) is 1. The van der Waals surface area contributed by atoms with Crippen LogP contribution < -0.4 is 5.32 Å². The van der Waals surface area contributed by atoms with E-state index in [1.54, 1.807) is 0 Å². The van der Waals surface area contributed by atoms with E-state index in [4.69, 9.17) is 0 Å². The van der Waals surface area contributed by atoms with E-state index in [9.17, 15) is 5.11 Å². The van der Waals surface area contributed by atoms with Gasteiger partial charge in [0.2, 0.25) is 0 Å². The Kier molecular flexibility index (Phi) is 7.33. The van der Waals surface area contributed by atoms with Crippen molar-refractivity contribution in [3.05, 3.63) is 0 Å². The normalized spacial score (nSPS) is 27.6. The van der Waals surface area contributed by atoms with Gasteiger partial charge >= 0.3 is 0 Å². The van der Waals surface area contributed by atoms with Gasteiger partial charge in [0.25, 0.3) is 0 Å². The molecule has 0 aliphatic carbocycles. The Balaban J connectivity index is 2.32. The third-order valence-electron chi connectivity index (χ3n) is 4.92. The van der Waals surface area contributed by atoms with Crippen molar-refractivity contribution in [1.29, 1.82) is 0 Å². The molecule has 1 aliphatic rings. The third-order valence-corrected chi connectivity index (χ3v) is 4.92. The van der Waals surface area contributed by atoms with Crippen LogP contribution in [-0.4, -0.2) is 48.3 Å². The van der Waals surface area contributed by atoms with Crippen molar-refractivity contribution in [3.8, 4) is 0 Å². The van der Waals surface area contributed by atoms with Crippen LogP contribution in [-0.2, 0) is 0 Å². The fourth-order valence-corrected chi connectivity index (χ4v) is 3.10. The highest BCUT2D eigenvalue weighted by Gasteiger charge is 2.28. The Bertz CT molecular complexity index is 231. The average molecular weight is 270 g/mol. The molecule has 3 heteroatoms. The van der Waals surface area contributed by atoms with Gasteiger partial charge in [-0.15, -0.1) is 0 Å². The fourth-order valence-electron chi connectivity index (χ4n) is 3.10. The number of rotatable bonds is 9. The lowest BCUT2D eigenvalue weighted by Crippen LogP contribution is -2.48. The van der Waals surface area contributed by atoms with Crippen molar-refractivity contribution in [2.45, 2.75) is 58.9 Å². The largest absolute Gasteiger partial charge is 0.394 e. The smallest absolute Gasteiger partial charge is 0.0613 e. The lowest BCUT2D eigenvalue weighted by Gasteiger charge is -2.33. The van der Waals surface area contributed by atoms with E-state index < -0.39 is 0 Å². The number of nitrogens with one attached hydrogen (secondary N) is 1. The van der Waals surface area contributed by atoms with Gasteiger partial charge in [-0.2, -0.15) is 0 Å². The molecule has 3 nitrogen and oxygen atoms in total. The molecule has 114 valence electrons. The molecule has 1 saturated heterocycles. The first-order valence-electron chi connectivity index (χ1n) is 8.15. The van der Waals surface area contributed by atoms with Crippen molar-refractivity contribution in [1.82, 2.24) is 10.2 Å². The molecular formula is C16H34N2O. The maximum atomic E-state index is 9.70. The van der Waals surface area contributed by atoms with Crippen LogP contribution in [0.3, 0.4) is 0 Å². The van der Waals surface area contributed by atoms with Crippen molar-refractivity contribution < 1.29 is 5.11 Å². The molecular weight excluding hydrogens is 236 g/mol. The van der Waals surface area contributed by atoms with E-state index in [0.29, 0.717) is 0 Å². The predicted octanol–water partition coefficient (Wildman–Crippen LogP) is 2.50. The van der Waals surface area contributed by atoms with Crippen LogP contribution in [0, 0.1) is 11.8 Å². The summed E-state index contributed by atoms with van der Waals surface area (Å²) in [5.74, 6) is 1.68. The molecule has 19 heavy (non-hydrogen) atoms. The lowest BCUT2D eigenvalue weighted by atomic mass is 9.91. The van der Waals surface area contributed by atoms with Crippen LogP contribution in [0.5, 0.6) is 0 Å². The highest BCUT2D eigenvalue weighted by Crippen LogP contribution is 2.23. The summed E-state index contributed by atoms with van der Waals surface area (Å²) in [5, 5.41) is 13.3. The second-order valence-electron chi connectivity index (χ2n) is 6.54. The molecule has 0 radical (unpaired) electrons. The maximum absolute atomic E-state index is 9.70. The highest BCUT2D eigenvalue weighted by atomic mass is 16.3. The minimum absolute atomic E-state index is 0.0486. The maximum Gasteiger partial charge on any atom is 0.0613 e. The van der Waals surface area contributed by atoms with Crippen LogP contribution in [0.1, 0.15) is 53.4 Å². The zero-order valence-electron chi connectivity index (χ0n) is 13.4. The number of nitrogens with zero attached hydrogens (tertiary/aromatic N) is 1. The summed E-state index contributed by atoms with van der Waals surface area (Å²) in [6.45, 7) is 14.0. The van der Waals surface area contributed by atoms with Crippen molar-refractivity contribution in [3.63, 3.8) is 0 Å². The van der Waals surface area contributed by atoms with Gasteiger partial charge in [-0.05, 0) is 50.6 Å². The fraction of sp³-hybridized carbons (Fsp3) is 1.00. The van der Waals surface area contributed by atoms with Gasteiger partial charge < -0.3 is 15.3 Å². The molecule has 0 spiro atoms. The van der Waals surface area contributed by atoms with Crippen LogP contribution in [0.25, 0.3) is 0 Å². The molecule has 2 N–H and O–H groups in total. The highest BCUT2D eigenvalue weighted by molar-refractivity contribution is 4.87. The van der Waals surface area contributed by atoms with Gasteiger partial charge in [0.05, 0.1) is 6.61 Å². The molecule has 1 aliphatic heterocycles. The van der Waals surface area contributed by atoms with E-state index >= 15 is 0 Å². The van der Waals surface area contributed by atoms with Gasteiger partial charge in [0, 0.05) is 18.6 Å². The third kappa shape index (κ3) is 5.05. The van der Waals surface area contributed by atoms with Gasteiger partial charge in [-0.3, -0.25) is 0 Å². The summed E-state index contributed by atoms with van der Waals surface area (Å²) in [7, 11) is 0. The molecule has 3 unspecified atom stereocenters. The number of hydrogen-bond donors (Lipinski definition) is 2. The molecule has 1 heterocycles. The second kappa shape index (κ2) is 8.23. The van der Waals surface area contributed by atoms with Gasteiger partial charge in [0.1, 0.15) is 0 Å². The summed E-state index contributed by atoms with van der Waals surface area (Å²) < 4.78 is 0. The Labute approximate surface area is 119 Å². The first-order valence-corrected chi connectivity index (χ1v) is 8.15. The molecule has 3 atom stereocenters. The number of aliphatic hydroxyl groups excluding tert-OH is 1. The number of hydrogen-bond acceptors (Lipinski definition) is 3. The Morgan fingerprint density at radius 1 is 1.21 bits per heavy atom. The van der Waals surface area contributed by atoms with Crippen molar-refractivity contribution in [2.75, 3.05) is 32.8 Å². The summed E-state index contributed by atoms with van der Waals surface area (Å²) >= 11 is 0. The first kappa shape index (κ1) is 16.9. The topological polar surface area (TPSA) is 35.5 Å². The van der Waals surface area contributed by atoms with Crippen LogP contribution in [0.15, 0.2) is 0 Å². The van der Waals surface area contributed by atoms with Crippen LogP contribution in [0.2, 0.25) is 0 Å². The number of aliphatic hydroxyl groups is 1. The van der Waals surface area contributed by atoms with Gasteiger partial charge in [-0.1, -0.05) is 27.7 Å². The Morgan fingerprint density at radius 2 is 1.84 bits per heavy atom. The first-order chi connectivity index (χ1) is 9.06. The van der Waals surface area contributed by atoms with E-state index in [2.05, 4.69) is 37.9 Å². The zero-order valence-corrected chi connectivity index (χ0v) is 13.4. The van der Waals surface area contributed by atoms with Gasteiger partial charge in [-0.25, -0.2) is 0 Å². The average Bonchev–Trinajstić information content (AvgIpc) is 2.73. The van der Waals surface area contributed by atoms with Crippen molar-refractivity contribution >= 4 is 0 Å². The molecule has 0 aromatic heterocycles. The molecule has 0 bridgehead atoms. The standard InChI is InChI=1S/C16H34N2O/c1-5-9-17-16(6-2,13-19)8-7-10-18-11-14(3)15(4)12-18/h14-15,17,19H,5-13H2,1-4H3. The summed E-state index contributed by atoms with van der Waals surface area (Å²) in [4.78, 5) is 2.59. The zero-order chi connectivity index (χ0) is 14.3. The van der Waals surface area contributed by atoms with Crippen LogP contribution >= 0.6 is 0 Å². The molecule has 1 fully saturated rings. The van der Waals surface area contributed by atoms with Gasteiger partial charge in [0.15, 0.2) is 0 Å². The monoisotopic (exact) mass is 270 g/mol. The van der Waals surface area contributed by atoms with E-state index in [0.717, 1.165) is 37.6 Å². The Morgan fingerprint density at radius 3 is 2.32 bits per heavy atom. The summed E-state index contributed by atoms with van der Waals surface area (Å²) in [5.41, 5.74) is -0.0486. The molecule has 1 rings (SSSR count). The SMILES string of the molecule is CCCNC(CC)(CO)CCCN1CC(C)C(C)C1. The quantitative estimate of drug-likeness (QED) is 0.676. The molecule has 0 saturated carbocycles. The van der Waals surface area contributed by atoms with E-state index in [1.165, 1.54) is 26.1 Å². The van der Waals surface area contributed by atoms with E-state index in [1.807, 2.05) is 0 Å². The summed E-state index contributed by atoms with van der Waals surface area (Å²) in [6, 6.07) is 0. The minimum atomic E-state index is -0.0486. The van der Waals surface area contributed by atoms with E-state index in [-0.39, 0.29) is 12.1 Å². The Hall–Kier alpha value is -0.120. The predicted molar refractivity (Wildman–Crippen MR) is 82.4 cm³/mol. The minimum Gasteiger partial charge on any atom is -0.394 e. The molecule has 0 aromatic rings. The lowest BCUT2D eigenvalue weighted by molar-refractivity contribution is 0.140. The second-order valence-corrected chi connectivity index (χ2v) is 6.54. The molecule has 0 aromatic carbocycles. The molecule has 0 amide bonds.